The highest BCUT2D eigenvalue weighted by Gasteiger charge is 2.14. The van der Waals surface area contributed by atoms with Gasteiger partial charge >= 0.3 is 0 Å². The topological polar surface area (TPSA) is 98.7 Å². The van der Waals surface area contributed by atoms with Crippen LogP contribution in [0.15, 0.2) is 65.3 Å². The molecule has 0 aliphatic heterocycles. The summed E-state index contributed by atoms with van der Waals surface area (Å²) < 4.78 is 7.23. The molecule has 2 heterocycles. The van der Waals surface area contributed by atoms with Crippen LogP contribution >= 0.6 is 0 Å². The van der Waals surface area contributed by atoms with Crippen molar-refractivity contribution < 1.29 is 9.21 Å². The molecule has 0 aliphatic carbocycles. The minimum atomic E-state index is -0.166. The number of rotatable bonds is 5. The Morgan fingerprint density at radius 3 is 2.59 bits per heavy atom. The van der Waals surface area contributed by atoms with E-state index in [1.54, 1.807) is 12.1 Å². The van der Waals surface area contributed by atoms with Gasteiger partial charge in [-0.05, 0) is 53.7 Å². The molecular formula is C19H16N6O2. The van der Waals surface area contributed by atoms with Crippen LogP contribution in [-0.2, 0) is 11.2 Å². The number of aryl methyl sites for hydroxylation is 1. The number of benzene rings is 2. The lowest BCUT2D eigenvalue weighted by Crippen LogP contribution is -2.15. The van der Waals surface area contributed by atoms with Crippen molar-refractivity contribution in [3.8, 4) is 17.1 Å². The van der Waals surface area contributed by atoms with Crippen molar-refractivity contribution in [3.63, 3.8) is 0 Å². The molecule has 8 nitrogen and oxygen atoms in total. The number of carbonyl (C=O) groups is 1. The zero-order chi connectivity index (χ0) is 18.6. The second-order valence-electron chi connectivity index (χ2n) is 5.91. The van der Waals surface area contributed by atoms with Crippen molar-refractivity contribution in [2.75, 3.05) is 5.32 Å². The van der Waals surface area contributed by atoms with Gasteiger partial charge in [0.25, 0.3) is 0 Å². The smallest absolute Gasteiger partial charge is 0.230 e. The number of carbonyl (C=O) groups excluding carboxylic acids is 1. The maximum absolute atomic E-state index is 12.4. The van der Waals surface area contributed by atoms with Crippen molar-refractivity contribution in [1.82, 2.24) is 25.2 Å². The first-order valence-corrected chi connectivity index (χ1v) is 8.34. The summed E-state index contributed by atoms with van der Waals surface area (Å²) >= 11 is 0. The van der Waals surface area contributed by atoms with Gasteiger partial charge < -0.3 is 9.73 Å². The van der Waals surface area contributed by atoms with E-state index in [4.69, 9.17) is 4.42 Å². The average molecular weight is 360 g/mol. The van der Waals surface area contributed by atoms with E-state index in [0.29, 0.717) is 23.0 Å². The lowest BCUT2D eigenvalue weighted by Gasteiger charge is -2.05. The number of aromatic nitrogens is 5. The summed E-state index contributed by atoms with van der Waals surface area (Å²) in [6.07, 6.45) is 1.64. The lowest BCUT2D eigenvalue weighted by molar-refractivity contribution is -0.115. The first-order chi connectivity index (χ1) is 13.2. The van der Waals surface area contributed by atoms with Gasteiger partial charge in [-0.1, -0.05) is 18.2 Å². The standard InChI is InChI=1S/C19H16N6O2/c1-13-17(22-19(27-13)14-5-3-2-4-6-14)11-18(26)21-15-7-9-16(10-8-15)25-12-20-23-24-25/h2-10,12H,11H2,1H3,(H,21,26). The Kier molecular flexibility index (Phi) is 4.44. The molecule has 134 valence electrons. The molecular weight excluding hydrogens is 344 g/mol. The predicted octanol–water partition coefficient (Wildman–Crippen LogP) is 2.81. The molecule has 0 spiro atoms. The van der Waals surface area contributed by atoms with Gasteiger partial charge in [-0.3, -0.25) is 4.79 Å². The molecule has 1 amide bonds. The molecule has 0 atom stereocenters. The van der Waals surface area contributed by atoms with Crippen LogP contribution in [0.2, 0.25) is 0 Å². The Morgan fingerprint density at radius 1 is 1.11 bits per heavy atom. The fraction of sp³-hybridized carbons (Fsp3) is 0.105. The zero-order valence-corrected chi connectivity index (χ0v) is 14.5. The Labute approximate surface area is 154 Å². The Hall–Kier alpha value is -3.81. The van der Waals surface area contributed by atoms with Crippen LogP contribution in [0.4, 0.5) is 5.69 Å². The lowest BCUT2D eigenvalue weighted by atomic mass is 10.2. The number of hydrogen-bond acceptors (Lipinski definition) is 6. The predicted molar refractivity (Wildman–Crippen MR) is 98.2 cm³/mol. The Balaban J connectivity index is 1.43. The summed E-state index contributed by atoms with van der Waals surface area (Å²) in [5.41, 5.74) is 2.99. The number of anilines is 1. The second kappa shape index (κ2) is 7.20. The first-order valence-electron chi connectivity index (χ1n) is 8.34. The Morgan fingerprint density at radius 2 is 1.89 bits per heavy atom. The van der Waals surface area contributed by atoms with Crippen LogP contribution in [0.3, 0.4) is 0 Å². The highest BCUT2D eigenvalue weighted by molar-refractivity contribution is 5.92. The quantitative estimate of drug-likeness (QED) is 0.587. The van der Waals surface area contributed by atoms with E-state index in [2.05, 4.69) is 25.8 Å². The maximum Gasteiger partial charge on any atom is 0.230 e. The molecule has 0 saturated carbocycles. The van der Waals surface area contributed by atoms with Gasteiger partial charge in [0.15, 0.2) is 0 Å². The molecule has 4 rings (SSSR count). The van der Waals surface area contributed by atoms with Gasteiger partial charge in [0.1, 0.15) is 12.1 Å². The van der Waals surface area contributed by atoms with Gasteiger partial charge in [0, 0.05) is 11.3 Å². The maximum atomic E-state index is 12.4. The third-order valence-electron chi connectivity index (χ3n) is 4.01. The van der Waals surface area contributed by atoms with Crippen molar-refractivity contribution >= 4 is 11.6 Å². The number of amides is 1. The van der Waals surface area contributed by atoms with E-state index in [-0.39, 0.29) is 12.3 Å². The number of nitrogens with zero attached hydrogens (tertiary/aromatic N) is 5. The van der Waals surface area contributed by atoms with Gasteiger partial charge in [0.2, 0.25) is 11.8 Å². The summed E-state index contributed by atoms with van der Waals surface area (Å²) in [4.78, 5) is 16.8. The largest absolute Gasteiger partial charge is 0.441 e. The van der Waals surface area contributed by atoms with E-state index < -0.39 is 0 Å². The summed E-state index contributed by atoms with van der Waals surface area (Å²) in [5, 5.41) is 13.9. The normalized spacial score (nSPS) is 10.7. The number of oxazole rings is 1. The first kappa shape index (κ1) is 16.6. The summed E-state index contributed by atoms with van der Waals surface area (Å²) in [6, 6.07) is 16.8. The van der Waals surface area contributed by atoms with Crippen molar-refractivity contribution in [3.05, 3.63) is 72.4 Å². The molecule has 4 aromatic rings. The monoisotopic (exact) mass is 360 g/mol. The summed E-state index contributed by atoms with van der Waals surface area (Å²) in [7, 11) is 0. The second-order valence-corrected chi connectivity index (χ2v) is 5.91. The number of nitrogens with one attached hydrogen (secondary N) is 1. The van der Waals surface area contributed by atoms with Crippen LogP contribution in [0.25, 0.3) is 17.1 Å². The number of hydrogen-bond donors (Lipinski definition) is 1. The molecule has 1 N–H and O–H groups in total. The Bertz CT molecular complexity index is 1040. The van der Waals surface area contributed by atoms with E-state index in [1.165, 1.54) is 11.0 Å². The van der Waals surface area contributed by atoms with Crippen LogP contribution in [0.5, 0.6) is 0 Å². The highest BCUT2D eigenvalue weighted by Crippen LogP contribution is 2.22. The van der Waals surface area contributed by atoms with Gasteiger partial charge in [0.05, 0.1) is 17.8 Å². The van der Waals surface area contributed by atoms with Crippen molar-refractivity contribution in [2.24, 2.45) is 0 Å². The minimum Gasteiger partial charge on any atom is -0.441 e. The highest BCUT2D eigenvalue weighted by atomic mass is 16.4. The van der Waals surface area contributed by atoms with Gasteiger partial charge in [-0.25, -0.2) is 9.67 Å². The molecule has 2 aromatic heterocycles. The van der Waals surface area contributed by atoms with Gasteiger partial charge in [-0.2, -0.15) is 0 Å². The molecule has 0 radical (unpaired) electrons. The minimum absolute atomic E-state index is 0.136. The van der Waals surface area contributed by atoms with E-state index in [9.17, 15) is 4.79 Å². The van der Waals surface area contributed by atoms with Gasteiger partial charge in [-0.15, -0.1) is 5.10 Å². The molecule has 0 saturated heterocycles. The zero-order valence-electron chi connectivity index (χ0n) is 14.5. The van der Waals surface area contributed by atoms with E-state index >= 15 is 0 Å². The number of tetrazole rings is 1. The van der Waals surface area contributed by atoms with E-state index in [0.717, 1.165) is 11.3 Å². The molecule has 27 heavy (non-hydrogen) atoms. The molecule has 0 fully saturated rings. The average Bonchev–Trinajstić information content (AvgIpc) is 3.34. The molecule has 8 heteroatoms. The molecule has 0 aliphatic rings. The van der Waals surface area contributed by atoms with Crippen LogP contribution < -0.4 is 5.32 Å². The molecule has 2 aromatic carbocycles. The fourth-order valence-electron chi connectivity index (χ4n) is 2.63. The SMILES string of the molecule is Cc1oc(-c2ccccc2)nc1CC(=O)Nc1ccc(-n2cnnn2)cc1. The molecule has 0 bridgehead atoms. The molecule has 0 unspecified atom stereocenters. The van der Waals surface area contributed by atoms with Crippen molar-refractivity contribution in [1.29, 1.82) is 0 Å². The fourth-order valence-corrected chi connectivity index (χ4v) is 2.63. The summed E-state index contributed by atoms with van der Waals surface area (Å²) in [5.74, 6) is 0.987. The third-order valence-corrected chi connectivity index (χ3v) is 4.01. The van der Waals surface area contributed by atoms with Crippen molar-refractivity contribution in [2.45, 2.75) is 13.3 Å². The van der Waals surface area contributed by atoms with Crippen LogP contribution in [0, 0.1) is 6.92 Å². The van der Waals surface area contributed by atoms with Crippen LogP contribution in [-0.4, -0.2) is 31.1 Å². The van der Waals surface area contributed by atoms with Crippen LogP contribution in [0.1, 0.15) is 11.5 Å². The van der Waals surface area contributed by atoms with E-state index in [1.807, 2.05) is 49.4 Å². The third kappa shape index (κ3) is 3.74. The summed E-state index contributed by atoms with van der Waals surface area (Å²) in [6.45, 7) is 1.81.